The molecule has 0 radical (unpaired) electrons. The van der Waals surface area contributed by atoms with Crippen molar-refractivity contribution in [3.8, 4) is 5.75 Å². The number of benzene rings is 1. The zero-order chi connectivity index (χ0) is 14.6. The zero-order valence-corrected chi connectivity index (χ0v) is 15.0. The molecular formula is C19H23IO. The first-order chi connectivity index (χ1) is 10.1. The average molecular weight is 394 g/mol. The molecule has 3 aliphatic carbocycles. The fourth-order valence-electron chi connectivity index (χ4n) is 5.20. The average Bonchev–Trinajstić information content (AvgIpc) is 2.82. The van der Waals surface area contributed by atoms with E-state index in [1.165, 1.54) is 32.1 Å². The van der Waals surface area contributed by atoms with Gasteiger partial charge in [0, 0.05) is 5.41 Å². The first-order valence-corrected chi connectivity index (χ1v) is 9.24. The summed E-state index contributed by atoms with van der Waals surface area (Å²) in [5.74, 6) is 3.56. The molecule has 1 nitrogen and oxygen atoms in total. The summed E-state index contributed by atoms with van der Waals surface area (Å²) in [5.41, 5.74) is 3.64. The molecular weight excluding hydrogens is 371 g/mol. The summed E-state index contributed by atoms with van der Waals surface area (Å²) in [4.78, 5) is 0. The number of allylic oxidation sites excluding steroid dienone is 2. The number of ether oxygens (including phenoxy) is 1. The monoisotopic (exact) mass is 394 g/mol. The smallest absolute Gasteiger partial charge is 0.119 e. The van der Waals surface area contributed by atoms with Crippen LogP contribution in [0.25, 0.3) is 0 Å². The first kappa shape index (κ1) is 14.1. The minimum atomic E-state index is 0.478. The summed E-state index contributed by atoms with van der Waals surface area (Å²) < 4.78 is 7.04. The van der Waals surface area contributed by atoms with Crippen LogP contribution in [0, 0.1) is 17.3 Å². The van der Waals surface area contributed by atoms with Gasteiger partial charge >= 0.3 is 0 Å². The predicted octanol–water partition coefficient (Wildman–Crippen LogP) is 5.48. The van der Waals surface area contributed by atoms with E-state index in [4.69, 9.17) is 4.74 Å². The molecule has 0 spiro atoms. The fraction of sp³-hybridized carbons (Fsp3) is 0.579. The van der Waals surface area contributed by atoms with Crippen LogP contribution >= 0.6 is 22.6 Å². The van der Waals surface area contributed by atoms with E-state index in [0.29, 0.717) is 5.41 Å². The number of rotatable bonds is 1. The van der Waals surface area contributed by atoms with Gasteiger partial charge in [-0.2, -0.15) is 0 Å². The largest absolute Gasteiger partial charge is 0.497 e. The van der Waals surface area contributed by atoms with Gasteiger partial charge < -0.3 is 4.74 Å². The number of aryl methyl sites for hydroxylation is 1. The summed E-state index contributed by atoms with van der Waals surface area (Å²) in [7, 11) is 1.77. The highest BCUT2D eigenvalue weighted by atomic mass is 127. The van der Waals surface area contributed by atoms with Crippen molar-refractivity contribution in [3.63, 3.8) is 0 Å². The molecule has 1 aromatic carbocycles. The maximum atomic E-state index is 5.41. The van der Waals surface area contributed by atoms with Crippen molar-refractivity contribution in [2.45, 2.75) is 44.9 Å². The molecule has 0 amide bonds. The Balaban J connectivity index is 1.69. The van der Waals surface area contributed by atoms with Gasteiger partial charge in [-0.15, -0.1) is 0 Å². The van der Waals surface area contributed by atoms with E-state index < -0.39 is 0 Å². The third-order valence-electron chi connectivity index (χ3n) is 6.42. The maximum Gasteiger partial charge on any atom is 0.119 e. The quantitative estimate of drug-likeness (QED) is 0.573. The van der Waals surface area contributed by atoms with Crippen molar-refractivity contribution in [3.05, 3.63) is 39.0 Å². The van der Waals surface area contributed by atoms with E-state index in [0.717, 1.165) is 23.5 Å². The topological polar surface area (TPSA) is 9.23 Å². The summed E-state index contributed by atoms with van der Waals surface area (Å²) in [6.07, 6.45) is 9.13. The van der Waals surface area contributed by atoms with Crippen LogP contribution in [-0.2, 0) is 6.42 Å². The van der Waals surface area contributed by atoms with Gasteiger partial charge in [0.05, 0.1) is 7.11 Å². The second-order valence-corrected chi connectivity index (χ2v) is 8.39. The summed E-state index contributed by atoms with van der Waals surface area (Å²) in [6.45, 7) is 2.52. The van der Waals surface area contributed by atoms with Crippen molar-refractivity contribution >= 4 is 22.6 Å². The lowest BCUT2D eigenvalue weighted by molar-refractivity contribution is 0.0815. The first-order valence-electron chi connectivity index (χ1n) is 8.16. The summed E-state index contributed by atoms with van der Waals surface area (Å²) in [5, 5.41) is 0. The van der Waals surface area contributed by atoms with Crippen LogP contribution in [-0.4, -0.2) is 7.11 Å². The Morgan fingerprint density at radius 3 is 2.95 bits per heavy atom. The van der Waals surface area contributed by atoms with E-state index in [1.54, 1.807) is 21.8 Å². The highest BCUT2D eigenvalue weighted by molar-refractivity contribution is 14.1. The maximum absolute atomic E-state index is 5.41. The lowest BCUT2D eigenvalue weighted by Crippen LogP contribution is -2.40. The third-order valence-corrected chi connectivity index (χ3v) is 8.09. The Labute approximate surface area is 141 Å². The number of halogens is 1. The van der Waals surface area contributed by atoms with Crippen LogP contribution in [0.1, 0.15) is 49.7 Å². The van der Waals surface area contributed by atoms with Crippen LogP contribution in [0.5, 0.6) is 5.75 Å². The van der Waals surface area contributed by atoms with Crippen molar-refractivity contribution in [2.24, 2.45) is 17.3 Å². The van der Waals surface area contributed by atoms with Gasteiger partial charge in [0.1, 0.15) is 5.75 Å². The van der Waals surface area contributed by atoms with Crippen LogP contribution in [0.2, 0.25) is 0 Å². The van der Waals surface area contributed by atoms with Gasteiger partial charge in [0.2, 0.25) is 0 Å². The Morgan fingerprint density at radius 2 is 2.14 bits per heavy atom. The van der Waals surface area contributed by atoms with Crippen LogP contribution in [0.4, 0.5) is 0 Å². The molecule has 0 aromatic heterocycles. The molecule has 21 heavy (non-hydrogen) atoms. The van der Waals surface area contributed by atoms with Gasteiger partial charge in [-0.25, -0.2) is 0 Å². The Morgan fingerprint density at radius 1 is 1.29 bits per heavy atom. The predicted molar refractivity (Wildman–Crippen MR) is 95.1 cm³/mol. The van der Waals surface area contributed by atoms with Crippen LogP contribution < -0.4 is 4.74 Å². The summed E-state index contributed by atoms with van der Waals surface area (Å²) >= 11 is 2.60. The Bertz CT molecular complexity index is 606. The molecule has 0 saturated heterocycles. The number of methoxy groups -OCH3 is 1. The lowest BCUT2D eigenvalue weighted by Gasteiger charge is -2.49. The molecule has 0 N–H and O–H groups in total. The van der Waals surface area contributed by atoms with Gasteiger partial charge in [-0.1, -0.05) is 19.1 Å². The molecule has 4 rings (SSSR count). The van der Waals surface area contributed by atoms with E-state index in [1.807, 2.05) is 0 Å². The lowest BCUT2D eigenvalue weighted by atomic mass is 9.56. The van der Waals surface area contributed by atoms with Gasteiger partial charge in [0.15, 0.2) is 0 Å². The second kappa shape index (κ2) is 5.00. The zero-order valence-electron chi connectivity index (χ0n) is 12.9. The summed E-state index contributed by atoms with van der Waals surface area (Å²) in [6, 6.07) is 6.78. The Kier molecular flexibility index (Phi) is 3.36. The van der Waals surface area contributed by atoms with E-state index in [2.05, 4.69) is 53.8 Å². The van der Waals surface area contributed by atoms with Crippen molar-refractivity contribution in [1.82, 2.24) is 0 Å². The highest BCUT2D eigenvalue weighted by Gasteiger charge is 2.51. The molecule has 1 saturated carbocycles. The number of hydrogen-bond acceptors (Lipinski definition) is 1. The highest BCUT2D eigenvalue weighted by Crippen LogP contribution is 2.62. The standard InChI is InChI=1S/C19H23IO/c1-19-10-9-15-14-6-4-13(21-2)11-12(14)3-5-16(15)17(19)7-8-18(19)20/h4,6,8,11,15-17H,3,5,7,9-10H2,1-2H3. The molecule has 112 valence electrons. The van der Waals surface area contributed by atoms with E-state index in [9.17, 15) is 0 Å². The number of hydrogen-bond donors (Lipinski definition) is 0. The minimum Gasteiger partial charge on any atom is -0.497 e. The number of fused-ring (bicyclic) bond motifs is 5. The van der Waals surface area contributed by atoms with E-state index in [-0.39, 0.29) is 0 Å². The van der Waals surface area contributed by atoms with Gasteiger partial charge in [-0.3, -0.25) is 0 Å². The van der Waals surface area contributed by atoms with Crippen LogP contribution in [0.15, 0.2) is 27.9 Å². The Hall–Kier alpha value is -0.510. The molecule has 4 atom stereocenters. The van der Waals surface area contributed by atoms with Gasteiger partial charge in [0.25, 0.3) is 0 Å². The molecule has 1 aromatic rings. The SMILES string of the molecule is COc1ccc2c(c1)CCC1C2CCC2(C)C(I)=CCC12. The van der Waals surface area contributed by atoms with Crippen molar-refractivity contribution in [1.29, 1.82) is 0 Å². The second-order valence-electron chi connectivity index (χ2n) is 7.22. The molecule has 2 heteroatoms. The van der Waals surface area contributed by atoms with Gasteiger partial charge in [-0.05, 0) is 99.3 Å². The third kappa shape index (κ3) is 2.01. The minimum absolute atomic E-state index is 0.478. The normalized spacial score (nSPS) is 37.3. The van der Waals surface area contributed by atoms with Crippen molar-refractivity contribution in [2.75, 3.05) is 7.11 Å². The molecule has 0 bridgehead atoms. The van der Waals surface area contributed by atoms with Crippen molar-refractivity contribution < 1.29 is 4.74 Å². The van der Waals surface area contributed by atoms with Crippen LogP contribution in [0.3, 0.4) is 0 Å². The molecule has 1 fully saturated rings. The molecule has 0 aliphatic heterocycles. The fourth-order valence-corrected chi connectivity index (χ4v) is 6.12. The molecule has 4 unspecified atom stereocenters. The molecule has 0 heterocycles. The van der Waals surface area contributed by atoms with E-state index >= 15 is 0 Å². The molecule has 3 aliphatic rings.